The molecule has 0 aromatic heterocycles. The second-order valence-corrected chi connectivity index (χ2v) is 9.35. The first-order valence-electron chi connectivity index (χ1n) is 12.9. The van der Waals surface area contributed by atoms with Gasteiger partial charge in [0.15, 0.2) is 0 Å². The minimum absolute atomic E-state index is 0.0465. The van der Waals surface area contributed by atoms with Crippen LogP contribution < -0.4 is 5.32 Å². The zero-order valence-electron chi connectivity index (χ0n) is 21.2. The second kappa shape index (κ2) is 14.8. The Kier molecular flexibility index (Phi) is 12.1. The standard InChI is InChI=1S/C27H44N2O4/c1-5-7-14-21(3)28-26(30)32-18-12-10-8-9-11-15-23-16-13-17-24-19-29(20-25(23)24)27(31)33-22(4)6-2/h13,16-17,21-22H,5-12,14-15,18-20H2,1-4H3,(H,28,30). The van der Waals surface area contributed by atoms with Gasteiger partial charge >= 0.3 is 12.2 Å². The number of amides is 2. The molecule has 2 unspecified atom stereocenters. The quantitative estimate of drug-likeness (QED) is 0.312. The molecular weight excluding hydrogens is 416 g/mol. The van der Waals surface area contributed by atoms with E-state index in [4.69, 9.17) is 9.47 Å². The zero-order chi connectivity index (χ0) is 24.1. The van der Waals surface area contributed by atoms with E-state index in [1.165, 1.54) is 16.7 Å². The van der Waals surface area contributed by atoms with Gasteiger partial charge in [-0.2, -0.15) is 0 Å². The third kappa shape index (κ3) is 9.65. The van der Waals surface area contributed by atoms with Crippen molar-refractivity contribution in [1.82, 2.24) is 10.2 Å². The molecule has 0 fully saturated rings. The van der Waals surface area contributed by atoms with Gasteiger partial charge in [0.25, 0.3) is 0 Å². The molecule has 6 heteroatoms. The third-order valence-electron chi connectivity index (χ3n) is 6.39. The lowest BCUT2D eigenvalue weighted by atomic mass is 9.98. The summed E-state index contributed by atoms with van der Waals surface area (Å²) in [6.45, 7) is 9.91. The minimum Gasteiger partial charge on any atom is -0.450 e. The lowest BCUT2D eigenvalue weighted by Gasteiger charge is -2.18. The van der Waals surface area contributed by atoms with Gasteiger partial charge in [-0.05, 0) is 62.6 Å². The molecule has 1 heterocycles. The summed E-state index contributed by atoms with van der Waals surface area (Å²) in [4.78, 5) is 26.0. The largest absolute Gasteiger partial charge is 0.450 e. The smallest absolute Gasteiger partial charge is 0.410 e. The van der Waals surface area contributed by atoms with Crippen molar-refractivity contribution in [3.05, 3.63) is 34.9 Å². The number of nitrogens with zero attached hydrogens (tertiary/aromatic N) is 1. The summed E-state index contributed by atoms with van der Waals surface area (Å²) < 4.78 is 10.8. The van der Waals surface area contributed by atoms with Gasteiger partial charge in [-0.1, -0.05) is 64.2 Å². The first-order valence-corrected chi connectivity index (χ1v) is 12.9. The molecular formula is C27H44N2O4. The van der Waals surface area contributed by atoms with E-state index < -0.39 is 0 Å². The lowest BCUT2D eigenvalue weighted by molar-refractivity contribution is 0.0675. The van der Waals surface area contributed by atoms with E-state index in [2.05, 4.69) is 30.4 Å². The zero-order valence-corrected chi connectivity index (χ0v) is 21.2. The van der Waals surface area contributed by atoms with E-state index in [0.29, 0.717) is 19.7 Å². The molecule has 0 bridgehead atoms. The van der Waals surface area contributed by atoms with Crippen LogP contribution in [-0.2, 0) is 29.0 Å². The normalized spacial score (nSPS) is 14.5. The summed E-state index contributed by atoms with van der Waals surface area (Å²) >= 11 is 0. The molecule has 0 saturated carbocycles. The molecule has 0 aliphatic carbocycles. The van der Waals surface area contributed by atoms with Crippen molar-refractivity contribution in [2.24, 2.45) is 0 Å². The van der Waals surface area contributed by atoms with Crippen LogP contribution in [0.4, 0.5) is 9.59 Å². The number of alkyl carbamates (subject to hydrolysis) is 1. The van der Waals surface area contributed by atoms with E-state index in [1.54, 1.807) is 4.90 Å². The monoisotopic (exact) mass is 460 g/mol. The van der Waals surface area contributed by atoms with Crippen LogP contribution >= 0.6 is 0 Å². The highest BCUT2D eigenvalue weighted by molar-refractivity contribution is 5.69. The fraction of sp³-hybridized carbons (Fsp3) is 0.704. The molecule has 1 aromatic carbocycles. The fourth-order valence-corrected chi connectivity index (χ4v) is 4.12. The highest BCUT2D eigenvalue weighted by Crippen LogP contribution is 2.28. The molecule has 0 spiro atoms. The van der Waals surface area contributed by atoms with Crippen LogP contribution in [0.3, 0.4) is 0 Å². The van der Waals surface area contributed by atoms with Crippen molar-refractivity contribution in [1.29, 1.82) is 0 Å². The maximum absolute atomic E-state index is 12.4. The van der Waals surface area contributed by atoms with Gasteiger partial charge in [-0.25, -0.2) is 9.59 Å². The summed E-state index contributed by atoms with van der Waals surface area (Å²) in [7, 11) is 0. The number of aryl methyl sites for hydroxylation is 1. The first kappa shape index (κ1) is 27.0. The SMILES string of the molecule is CCCCC(C)NC(=O)OCCCCCCCc1cccc2c1CN(C(=O)OC(C)CC)C2. The van der Waals surface area contributed by atoms with Gasteiger partial charge in [0, 0.05) is 19.1 Å². The second-order valence-electron chi connectivity index (χ2n) is 9.35. The Labute approximate surface area is 200 Å². The van der Waals surface area contributed by atoms with E-state index in [1.807, 2.05) is 20.8 Å². The van der Waals surface area contributed by atoms with Crippen molar-refractivity contribution in [2.45, 2.75) is 117 Å². The molecule has 33 heavy (non-hydrogen) atoms. The Morgan fingerprint density at radius 1 is 1.03 bits per heavy atom. The van der Waals surface area contributed by atoms with Crippen LogP contribution in [0.2, 0.25) is 0 Å². The molecule has 0 saturated heterocycles. The summed E-state index contributed by atoms with van der Waals surface area (Å²) in [5.41, 5.74) is 3.89. The number of fused-ring (bicyclic) bond motifs is 1. The van der Waals surface area contributed by atoms with E-state index in [9.17, 15) is 9.59 Å². The lowest BCUT2D eigenvalue weighted by Crippen LogP contribution is -2.33. The van der Waals surface area contributed by atoms with E-state index in [0.717, 1.165) is 64.2 Å². The van der Waals surface area contributed by atoms with Crippen molar-refractivity contribution in [3.8, 4) is 0 Å². The number of carbonyl (C=O) groups is 2. The molecule has 1 N–H and O–H groups in total. The number of rotatable bonds is 14. The van der Waals surface area contributed by atoms with Gasteiger partial charge < -0.3 is 14.8 Å². The van der Waals surface area contributed by atoms with Crippen LogP contribution in [0.25, 0.3) is 0 Å². The number of hydrogen-bond donors (Lipinski definition) is 1. The predicted molar refractivity (Wildman–Crippen MR) is 132 cm³/mol. The van der Waals surface area contributed by atoms with Crippen LogP contribution in [-0.4, -0.2) is 35.8 Å². The van der Waals surface area contributed by atoms with Crippen molar-refractivity contribution in [2.75, 3.05) is 6.61 Å². The summed E-state index contributed by atoms with van der Waals surface area (Å²) in [6.07, 6.45) is 9.97. The van der Waals surface area contributed by atoms with Crippen LogP contribution in [0, 0.1) is 0 Å². The summed E-state index contributed by atoms with van der Waals surface area (Å²) in [5.74, 6) is 0. The van der Waals surface area contributed by atoms with Crippen molar-refractivity contribution in [3.63, 3.8) is 0 Å². The fourth-order valence-electron chi connectivity index (χ4n) is 4.12. The Morgan fingerprint density at radius 2 is 1.79 bits per heavy atom. The van der Waals surface area contributed by atoms with E-state index >= 15 is 0 Å². The number of unbranched alkanes of at least 4 members (excludes halogenated alkanes) is 5. The number of ether oxygens (including phenoxy) is 2. The Morgan fingerprint density at radius 3 is 2.55 bits per heavy atom. The number of benzene rings is 1. The van der Waals surface area contributed by atoms with E-state index in [-0.39, 0.29) is 24.3 Å². The highest BCUT2D eigenvalue weighted by atomic mass is 16.6. The molecule has 0 radical (unpaired) electrons. The molecule has 2 atom stereocenters. The minimum atomic E-state index is -0.293. The molecule has 186 valence electrons. The average Bonchev–Trinajstić information content (AvgIpc) is 3.24. The maximum atomic E-state index is 12.4. The van der Waals surface area contributed by atoms with Crippen LogP contribution in [0.15, 0.2) is 18.2 Å². The number of nitrogens with one attached hydrogen (secondary N) is 1. The third-order valence-corrected chi connectivity index (χ3v) is 6.39. The van der Waals surface area contributed by atoms with Gasteiger partial charge in [0.1, 0.15) is 6.10 Å². The number of carbonyl (C=O) groups excluding carboxylic acids is 2. The molecule has 2 amide bonds. The van der Waals surface area contributed by atoms with Gasteiger partial charge in [-0.3, -0.25) is 4.90 Å². The van der Waals surface area contributed by atoms with Crippen LogP contribution in [0.1, 0.15) is 102 Å². The molecule has 1 aliphatic rings. The highest BCUT2D eigenvalue weighted by Gasteiger charge is 2.26. The van der Waals surface area contributed by atoms with Crippen molar-refractivity contribution < 1.29 is 19.1 Å². The summed E-state index contributed by atoms with van der Waals surface area (Å²) in [6, 6.07) is 6.59. The van der Waals surface area contributed by atoms with Crippen LogP contribution in [0.5, 0.6) is 0 Å². The molecule has 6 nitrogen and oxygen atoms in total. The first-order chi connectivity index (χ1) is 15.9. The maximum Gasteiger partial charge on any atom is 0.410 e. The molecule has 1 aromatic rings. The van der Waals surface area contributed by atoms with Gasteiger partial charge in [0.05, 0.1) is 6.61 Å². The molecule has 1 aliphatic heterocycles. The van der Waals surface area contributed by atoms with Gasteiger partial charge in [-0.15, -0.1) is 0 Å². The van der Waals surface area contributed by atoms with Gasteiger partial charge in [0.2, 0.25) is 0 Å². The topological polar surface area (TPSA) is 67.9 Å². The Balaban J connectivity index is 1.60. The Hall–Kier alpha value is -2.24. The summed E-state index contributed by atoms with van der Waals surface area (Å²) in [5, 5.41) is 2.89. The Bertz CT molecular complexity index is 737. The van der Waals surface area contributed by atoms with Crippen molar-refractivity contribution >= 4 is 12.2 Å². The molecule has 2 rings (SSSR count). The number of hydrogen-bond acceptors (Lipinski definition) is 4. The predicted octanol–water partition coefficient (Wildman–Crippen LogP) is 6.74. The average molecular weight is 461 g/mol.